The highest BCUT2D eigenvalue weighted by Crippen LogP contribution is 2.17. The Bertz CT molecular complexity index is 608. The van der Waals surface area contributed by atoms with Gasteiger partial charge < -0.3 is 9.64 Å². The monoisotopic (exact) mass is 315 g/mol. The summed E-state index contributed by atoms with van der Waals surface area (Å²) in [7, 11) is 1.60. The quantitative estimate of drug-likeness (QED) is 0.850. The zero-order valence-corrected chi connectivity index (χ0v) is 12.1. The highest BCUT2D eigenvalue weighted by molar-refractivity contribution is 7.17. The number of hydrogen-bond donors (Lipinski definition) is 0. The Labute approximate surface area is 124 Å². The van der Waals surface area contributed by atoms with Crippen molar-refractivity contribution in [2.24, 2.45) is 0 Å². The number of nitrogens with zero attached hydrogens (tertiary/aromatic N) is 3. The zero-order valence-electron chi connectivity index (χ0n) is 10.5. The normalized spacial score (nSPS) is 10.3. The van der Waals surface area contributed by atoms with E-state index >= 15 is 0 Å². The molecule has 0 saturated carbocycles. The number of ether oxygens (including phenoxy) is 1. The van der Waals surface area contributed by atoms with Crippen LogP contribution in [0.5, 0.6) is 5.75 Å². The van der Waals surface area contributed by atoms with Crippen LogP contribution in [-0.4, -0.2) is 41.2 Å². The molecule has 1 aromatic carbocycles. The first kappa shape index (κ1) is 14.7. The molecule has 0 saturated heterocycles. The number of benzene rings is 1. The fraction of sp³-hybridized carbons (Fsp3) is 0.250. The van der Waals surface area contributed by atoms with Gasteiger partial charge in [-0.1, -0.05) is 23.5 Å². The van der Waals surface area contributed by atoms with Crippen LogP contribution in [0.2, 0.25) is 4.47 Å². The van der Waals surface area contributed by atoms with Crippen molar-refractivity contribution < 1.29 is 13.9 Å². The van der Waals surface area contributed by atoms with Gasteiger partial charge in [0, 0.05) is 7.05 Å². The Balaban J connectivity index is 1.85. The lowest BCUT2D eigenvalue weighted by Gasteiger charge is -2.15. The molecule has 0 fully saturated rings. The van der Waals surface area contributed by atoms with E-state index in [1.54, 1.807) is 19.2 Å². The molecule has 0 aliphatic carbocycles. The second kappa shape index (κ2) is 6.62. The Morgan fingerprint density at radius 1 is 1.45 bits per heavy atom. The lowest BCUT2D eigenvalue weighted by Crippen LogP contribution is -2.30. The van der Waals surface area contributed by atoms with Gasteiger partial charge in [-0.15, -0.1) is 10.2 Å². The molecule has 0 aliphatic rings. The van der Waals surface area contributed by atoms with Crippen molar-refractivity contribution >= 4 is 28.8 Å². The van der Waals surface area contributed by atoms with Gasteiger partial charge in [-0.05, 0) is 23.7 Å². The standard InChI is InChI=1S/C12H11ClFN3O2S/c1-17(11(18)10-15-16-12(13)20-10)6-7-19-9-5-3-2-4-8(9)14/h2-5H,6-7H2,1H3. The van der Waals surface area contributed by atoms with E-state index in [4.69, 9.17) is 16.3 Å². The molecule has 106 valence electrons. The molecule has 2 aromatic rings. The number of aromatic nitrogens is 2. The smallest absolute Gasteiger partial charge is 0.284 e. The van der Waals surface area contributed by atoms with Gasteiger partial charge in [0.2, 0.25) is 9.47 Å². The molecule has 20 heavy (non-hydrogen) atoms. The van der Waals surface area contributed by atoms with Crippen molar-refractivity contribution in [1.29, 1.82) is 0 Å². The topological polar surface area (TPSA) is 55.3 Å². The number of carbonyl (C=O) groups excluding carboxylic acids is 1. The number of carbonyl (C=O) groups is 1. The van der Waals surface area contributed by atoms with Crippen LogP contribution in [0.25, 0.3) is 0 Å². The van der Waals surface area contributed by atoms with Crippen molar-refractivity contribution in [3.63, 3.8) is 0 Å². The van der Waals surface area contributed by atoms with E-state index in [-0.39, 0.29) is 27.7 Å². The highest BCUT2D eigenvalue weighted by Gasteiger charge is 2.16. The van der Waals surface area contributed by atoms with E-state index < -0.39 is 5.82 Å². The summed E-state index contributed by atoms with van der Waals surface area (Å²) in [6.45, 7) is 0.472. The van der Waals surface area contributed by atoms with Gasteiger partial charge in [-0.2, -0.15) is 0 Å². The van der Waals surface area contributed by atoms with Gasteiger partial charge in [0.25, 0.3) is 5.91 Å². The third kappa shape index (κ3) is 3.64. The maximum absolute atomic E-state index is 13.3. The number of halogens is 2. The van der Waals surface area contributed by atoms with Crippen LogP contribution >= 0.6 is 22.9 Å². The maximum Gasteiger partial charge on any atom is 0.284 e. The molecule has 1 amide bonds. The molecule has 0 radical (unpaired) electrons. The van der Waals surface area contributed by atoms with Gasteiger partial charge in [0.15, 0.2) is 11.6 Å². The average Bonchev–Trinajstić information content (AvgIpc) is 2.86. The van der Waals surface area contributed by atoms with E-state index in [9.17, 15) is 9.18 Å². The van der Waals surface area contributed by atoms with Gasteiger partial charge in [0.05, 0.1) is 6.54 Å². The molecule has 2 rings (SSSR count). The number of hydrogen-bond acceptors (Lipinski definition) is 5. The van der Waals surface area contributed by atoms with Gasteiger partial charge in [-0.3, -0.25) is 4.79 Å². The molecule has 8 heteroatoms. The minimum absolute atomic E-state index is 0.160. The predicted molar refractivity (Wildman–Crippen MR) is 73.8 cm³/mol. The summed E-state index contributed by atoms with van der Waals surface area (Å²) in [5, 5.41) is 7.44. The van der Waals surface area contributed by atoms with Crippen molar-refractivity contribution in [1.82, 2.24) is 15.1 Å². The minimum atomic E-state index is -0.433. The van der Waals surface area contributed by atoms with Gasteiger partial charge >= 0.3 is 0 Å². The molecule has 0 N–H and O–H groups in total. The van der Waals surface area contributed by atoms with Gasteiger partial charge in [-0.25, -0.2) is 4.39 Å². The van der Waals surface area contributed by atoms with Crippen LogP contribution in [0, 0.1) is 5.82 Å². The molecule has 0 bridgehead atoms. The van der Waals surface area contributed by atoms with E-state index in [0.29, 0.717) is 6.54 Å². The number of likely N-dealkylation sites (N-methyl/N-ethyl adjacent to an activating group) is 1. The number of rotatable bonds is 5. The molecule has 0 aliphatic heterocycles. The molecule has 0 unspecified atom stereocenters. The van der Waals surface area contributed by atoms with E-state index in [1.807, 2.05) is 0 Å². The minimum Gasteiger partial charge on any atom is -0.489 e. The van der Waals surface area contributed by atoms with Crippen LogP contribution in [-0.2, 0) is 0 Å². The van der Waals surface area contributed by atoms with Crippen LogP contribution in [0.15, 0.2) is 24.3 Å². The van der Waals surface area contributed by atoms with E-state index in [1.165, 1.54) is 17.0 Å². The molecule has 1 heterocycles. The number of para-hydroxylation sites is 1. The van der Waals surface area contributed by atoms with Crippen molar-refractivity contribution in [3.8, 4) is 5.75 Å². The van der Waals surface area contributed by atoms with Crippen LogP contribution in [0.4, 0.5) is 4.39 Å². The molecular weight excluding hydrogens is 305 g/mol. The zero-order chi connectivity index (χ0) is 14.5. The van der Waals surface area contributed by atoms with Crippen LogP contribution in [0.3, 0.4) is 0 Å². The average molecular weight is 316 g/mol. The van der Waals surface area contributed by atoms with Crippen LogP contribution < -0.4 is 4.74 Å². The SMILES string of the molecule is CN(CCOc1ccccc1F)C(=O)c1nnc(Cl)s1. The lowest BCUT2D eigenvalue weighted by atomic mass is 10.3. The maximum atomic E-state index is 13.3. The Morgan fingerprint density at radius 3 is 2.85 bits per heavy atom. The third-order valence-corrected chi connectivity index (χ3v) is 3.46. The third-order valence-electron chi connectivity index (χ3n) is 2.45. The summed E-state index contributed by atoms with van der Waals surface area (Å²) in [6.07, 6.45) is 0. The molecule has 5 nitrogen and oxygen atoms in total. The van der Waals surface area contributed by atoms with Crippen molar-refractivity contribution in [2.45, 2.75) is 0 Å². The first-order valence-electron chi connectivity index (χ1n) is 5.69. The first-order chi connectivity index (χ1) is 9.58. The molecular formula is C12H11ClFN3O2S. The summed E-state index contributed by atoms with van der Waals surface area (Å²) >= 11 is 6.63. The summed E-state index contributed by atoms with van der Waals surface area (Å²) < 4.78 is 18.8. The predicted octanol–water partition coefficient (Wildman–Crippen LogP) is 2.48. The second-order valence-electron chi connectivity index (χ2n) is 3.87. The Kier molecular flexibility index (Phi) is 4.86. The number of amides is 1. The fourth-order valence-electron chi connectivity index (χ4n) is 1.41. The summed E-state index contributed by atoms with van der Waals surface area (Å²) in [4.78, 5) is 13.3. The lowest BCUT2D eigenvalue weighted by molar-refractivity contribution is 0.0771. The summed E-state index contributed by atoms with van der Waals surface area (Å²) in [5.41, 5.74) is 0. The first-order valence-corrected chi connectivity index (χ1v) is 6.89. The fourth-order valence-corrected chi connectivity index (χ4v) is 2.23. The van der Waals surface area contributed by atoms with Gasteiger partial charge in [0.1, 0.15) is 6.61 Å². The summed E-state index contributed by atoms with van der Waals surface area (Å²) in [6, 6.07) is 6.10. The largest absolute Gasteiger partial charge is 0.489 e. The van der Waals surface area contributed by atoms with Crippen LogP contribution in [0.1, 0.15) is 9.80 Å². The second-order valence-corrected chi connectivity index (χ2v) is 5.43. The van der Waals surface area contributed by atoms with Crippen molar-refractivity contribution in [2.75, 3.05) is 20.2 Å². The van der Waals surface area contributed by atoms with E-state index in [0.717, 1.165) is 11.3 Å². The Morgan fingerprint density at radius 2 is 2.20 bits per heavy atom. The molecule has 0 atom stereocenters. The Hall–Kier alpha value is -1.73. The molecule has 1 aromatic heterocycles. The molecule has 0 spiro atoms. The summed E-state index contributed by atoms with van der Waals surface area (Å²) in [5.74, 6) is -0.573. The highest BCUT2D eigenvalue weighted by atomic mass is 35.5. The van der Waals surface area contributed by atoms with Crippen molar-refractivity contribution in [3.05, 3.63) is 39.6 Å². The van der Waals surface area contributed by atoms with E-state index in [2.05, 4.69) is 10.2 Å².